The van der Waals surface area contributed by atoms with Gasteiger partial charge in [-0.3, -0.25) is 9.69 Å². The van der Waals surface area contributed by atoms with Crippen LogP contribution in [0.1, 0.15) is 21.6 Å². The fraction of sp³-hybridized carbons (Fsp3) is 0.304. The van der Waals surface area contributed by atoms with Crippen molar-refractivity contribution >= 4 is 5.91 Å². The number of hydrogen-bond donors (Lipinski definition) is 0. The number of hydrogen-bond acceptors (Lipinski definition) is 4. The van der Waals surface area contributed by atoms with E-state index < -0.39 is 23.4 Å². The zero-order chi connectivity index (χ0) is 24.3. The molecule has 1 aliphatic heterocycles. The molecule has 0 unspecified atom stereocenters. The second kappa shape index (κ2) is 9.80. The van der Waals surface area contributed by atoms with Crippen molar-refractivity contribution in [3.05, 3.63) is 83.2 Å². The van der Waals surface area contributed by atoms with Crippen LogP contribution in [0.3, 0.4) is 0 Å². The predicted molar refractivity (Wildman–Crippen MR) is 112 cm³/mol. The van der Waals surface area contributed by atoms with Crippen LogP contribution in [0.15, 0.2) is 54.7 Å². The van der Waals surface area contributed by atoms with Crippen molar-refractivity contribution in [2.45, 2.75) is 19.5 Å². The molecule has 0 radical (unpaired) electrons. The molecule has 180 valence electrons. The fourth-order valence-corrected chi connectivity index (χ4v) is 3.65. The number of benzene rings is 2. The standard InChI is InChI=1S/C23H21F5N4O2/c24-18-4-5-21(19(25)13-18)34-15-32-7-6-20(29-32)22(33)31-10-8-30(9-11-31)14-16-2-1-3-17(12-16)23(26,27)28/h1-7,12-13H,8-11,14-15H2. The summed E-state index contributed by atoms with van der Waals surface area (Å²) in [4.78, 5) is 16.4. The molecule has 11 heteroatoms. The molecule has 0 saturated carbocycles. The van der Waals surface area contributed by atoms with E-state index in [1.54, 1.807) is 11.0 Å². The van der Waals surface area contributed by atoms with Gasteiger partial charge in [-0.2, -0.15) is 18.3 Å². The maximum Gasteiger partial charge on any atom is 0.416 e. The van der Waals surface area contributed by atoms with E-state index in [4.69, 9.17) is 4.74 Å². The first kappa shape index (κ1) is 23.7. The van der Waals surface area contributed by atoms with Crippen molar-refractivity contribution in [1.29, 1.82) is 0 Å². The molecule has 3 aromatic rings. The lowest BCUT2D eigenvalue weighted by molar-refractivity contribution is -0.137. The lowest BCUT2D eigenvalue weighted by Gasteiger charge is -2.34. The lowest BCUT2D eigenvalue weighted by atomic mass is 10.1. The second-order valence-corrected chi connectivity index (χ2v) is 7.86. The minimum atomic E-state index is -4.39. The summed E-state index contributed by atoms with van der Waals surface area (Å²) in [6, 6.07) is 9.69. The topological polar surface area (TPSA) is 50.6 Å². The van der Waals surface area contributed by atoms with E-state index in [-0.39, 0.29) is 24.1 Å². The van der Waals surface area contributed by atoms with Gasteiger partial charge in [0.25, 0.3) is 5.91 Å². The van der Waals surface area contributed by atoms with Gasteiger partial charge in [-0.15, -0.1) is 0 Å². The SMILES string of the molecule is O=C(c1ccn(COc2ccc(F)cc2F)n1)N1CCN(Cc2cccc(C(F)(F)F)c2)CC1. The van der Waals surface area contributed by atoms with Crippen molar-refractivity contribution in [3.8, 4) is 5.75 Å². The van der Waals surface area contributed by atoms with Crippen LogP contribution in [-0.2, 0) is 19.5 Å². The Hall–Kier alpha value is -3.47. The minimum Gasteiger partial charge on any atom is -0.468 e. The summed E-state index contributed by atoms with van der Waals surface area (Å²) in [6.45, 7) is 2.02. The first-order chi connectivity index (χ1) is 16.2. The summed E-state index contributed by atoms with van der Waals surface area (Å²) in [5, 5.41) is 4.15. The highest BCUT2D eigenvalue weighted by Crippen LogP contribution is 2.29. The third-order valence-corrected chi connectivity index (χ3v) is 5.43. The van der Waals surface area contributed by atoms with Crippen LogP contribution in [0.5, 0.6) is 5.75 Å². The molecule has 2 heterocycles. The molecule has 1 saturated heterocycles. The number of alkyl halides is 3. The molecule has 34 heavy (non-hydrogen) atoms. The Morgan fingerprint density at radius 3 is 2.47 bits per heavy atom. The summed E-state index contributed by atoms with van der Waals surface area (Å²) in [7, 11) is 0. The fourth-order valence-electron chi connectivity index (χ4n) is 3.65. The van der Waals surface area contributed by atoms with Crippen LogP contribution in [0.25, 0.3) is 0 Å². The molecule has 0 N–H and O–H groups in total. The summed E-state index contributed by atoms with van der Waals surface area (Å²) in [5.74, 6) is -1.98. The molecule has 1 aliphatic rings. The van der Waals surface area contributed by atoms with Gasteiger partial charge < -0.3 is 9.64 Å². The summed E-state index contributed by atoms with van der Waals surface area (Å²) < 4.78 is 72.0. The number of rotatable bonds is 6. The van der Waals surface area contributed by atoms with Crippen LogP contribution in [0.4, 0.5) is 22.0 Å². The van der Waals surface area contributed by atoms with Gasteiger partial charge in [0.15, 0.2) is 24.0 Å². The average molecular weight is 480 g/mol. The van der Waals surface area contributed by atoms with Gasteiger partial charge in [0, 0.05) is 45.0 Å². The van der Waals surface area contributed by atoms with Crippen molar-refractivity contribution in [2.24, 2.45) is 0 Å². The summed E-state index contributed by atoms with van der Waals surface area (Å²) in [5.41, 5.74) is 0.0704. The van der Waals surface area contributed by atoms with E-state index >= 15 is 0 Å². The zero-order valence-electron chi connectivity index (χ0n) is 17.9. The molecule has 0 bridgehead atoms. The monoisotopic (exact) mass is 480 g/mol. The van der Waals surface area contributed by atoms with Crippen LogP contribution in [0.2, 0.25) is 0 Å². The van der Waals surface area contributed by atoms with Crippen molar-refractivity contribution < 1.29 is 31.5 Å². The Balaban J connectivity index is 1.29. The van der Waals surface area contributed by atoms with Crippen LogP contribution >= 0.6 is 0 Å². The third kappa shape index (κ3) is 5.71. The Bertz CT molecular complexity index is 1160. The van der Waals surface area contributed by atoms with Gasteiger partial charge in [0.1, 0.15) is 5.82 Å². The predicted octanol–water partition coefficient (Wildman–Crippen LogP) is 4.17. The second-order valence-electron chi connectivity index (χ2n) is 7.86. The Kier molecular flexibility index (Phi) is 6.82. The van der Waals surface area contributed by atoms with Gasteiger partial charge in [-0.1, -0.05) is 18.2 Å². The number of amides is 1. The summed E-state index contributed by atoms with van der Waals surface area (Å²) >= 11 is 0. The molecule has 0 atom stereocenters. The Labute approximate surface area is 192 Å². The number of nitrogens with zero attached hydrogens (tertiary/aromatic N) is 4. The number of ether oxygens (including phenoxy) is 1. The van der Waals surface area contributed by atoms with E-state index in [0.717, 1.165) is 18.2 Å². The molecule has 1 fully saturated rings. The molecule has 6 nitrogen and oxygen atoms in total. The van der Waals surface area contributed by atoms with E-state index in [1.165, 1.54) is 29.1 Å². The van der Waals surface area contributed by atoms with Crippen molar-refractivity contribution in [1.82, 2.24) is 19.6 Å². The molecule has 2 aromatic carbocycles. The largest absolute Gasteiger partial charge is 0.468 e. The highest BCUT2D eigenvalue weighted by atomic mass is 19.4. The van der Waals surface area contributed by atoms with E-state index in [2.05, 4.69) is 5.10 Å². The van der Waals surface area contributed by atoms with E-state index in [0.29, 0.717) is 44.4 Å². The average Bonchev–Trinajstić information content (AvgIpc) is 3.27. The van der Waals surface area contributed by atoms with Crippen LogP contribution in [0, 0.1) is 11.6 Å². The molecule has 1 aromatic heterocycles. The van der Waals surface area contributed by atoms with Gasteiger partial charge in [-0.05, 0) is 29.8 Å². The zero-order valence-corrected chi connectivity index (χ0v) is 17.9. The Morgan fingerprint density at radius 1 is 1.00 bits per heavy atom. The van der Waals surface area contributed by atoms with Crippen LogP contribution in [-0.4, -0.2) is 51.7 Å². The summed E-state index contributed by atoms with van der Waals surface area (Å²) in [6.07, 6.45) is -2.87. The molecular formula is C23H21F5N4O2. The number of halogens is 5. The minimum absolute atomic E-state index is 0.137. The normalized spacial score (nSPS) is 14.9. The van der Waals surface area contributed by atoms with Gasteiger partial charge in [0.2, 0.25) is 0 Å². The van der Waals surface area contributed by atoms with E-state index in [9.17, 15) is 26.7 Å². The molecular weight excluding hydrogens is 459 g/mol. The van der Waals surface area contributed by atoms with Crippen molar-refractivity contribution in [2.75, 3.05) is 26.2 Å². The molecule has 4 rings (SSSR count). The van der Waals surface area contributed by atoms with Gasteiger partial charge in [-0.25, -0.2) is 13.5 Å². The maximum absolute atomic E-state index is 13.7. The molecule has 1 amide bonds. The Morgan fingerprint density at radius 2 is 1.76 bits per heavy atom. The number of piperazine rings is 1. The molecule has 0 spiro atoms. The lowest BCUT2D eigenvalue weighted by Crippen LogP contribution is -2.48. The number of carbonyl (C=O) groups is 1. The quantitative estimate of drug-likeness (QED) is 0.497. The van der Waals surface area contributed by atoms with E-state index in [1.807, 2.05) is 4.90 Å². The highest BCUT2D eigenvalue weighted by molar-refractivity contribution is 5.92. The third-order valence-electron chi connectivity index (χ3n) is 5.43. The number of carbonyl (C=O) groups excluding carboxylic acids is 1. The molecule has 0 aliphatic carbocycles. The number of aromatic nitrogens is 2. The first-order valence-corrected chi connectivity index (χ1v) is 10.5. The highest BCUT2D eigenvalue weighted by Gasteiger charge is 2.30. The first-order valence-electron chi connectivity index (χ1n) is 10.5. The van der Waals surface area contributed by atoms with Gasteiger partial charge in [0.05, 0.1) is 5.56 Å². The van der Waals surface area contributed by atoms with Crippen LogP contribution < -0.4 is 4.74 Å². The van der Waals surface area contributed by atoms with Gasteiger partial charge >= 0.3 is 6.18 Å². The van der Waals surface area contributed by atoms with Crippen molar-refractivity contribution in [3.63, 3.8) is 0 Å². The smallest absolute Gasteiger partial charge is 0.416 e. The maximum atomic E-state index is 13.7.